The number of amides is 1. The highest BCUT2D eigenvalue weighted by Crippen LogP contribution is 2.41. The lowest BCUT2D eigenvalue weighted by molar-refractivity contribution is -0.111. The van der Waals surface area contributed by atoms with E-state index in [-0.39, 0.29) is 17.8 Å². The molecule has 0 bridgehead atoms. The van der Waals surface area contributed by atoms with Crippen LogP contribution in [0.2, 0.25) is 0 Å². The number of rotatable bonds is 10. The summed E-state index contributed by atoms with van der Waals surface area (Å²) < 4.78 is 19.4. The normalized spacial score (nSPS) is 21.2. The monoisotopic (exact) mass is 656 g/mol. The largest absolute Gasteiger partial charge is 0.494 e. The first kappa shape index (κ1) is 32.3. The van der Waals surface area contributed by atoms with Crippen LogP contribution in [0.5, 0.6) is 5.75 Å². The maximum atomic E-state index is 13.6. The lowest BCUT2D eigenvalue weighted by atomic mass is 9.91. The number of nitrogens with zero attached hydrogens (tertiary/aromatic N) is 6. The van der Waals surface area contributed by atoms with Gasteiger partial charge in [-0.1, -0.05) is 25.1 Å². The second-order valence-electron chi connectivity index (χ2n) is 13.0. The zero-order valence-corrected chi connectivity index (χ0v) is 27.6. The molecule has 0 unspecified atom stereocenters. The van der Waals surface area contributed by atoms with Gasteiger partial charge in [0, 0.05) is 69.9 Å². The minimum absolute atomic E-state index is 0.107. The topological polar surface area (TPSA) is 98.3 Å². The van der Waals surface area contributed by atoms with E-state index in [0.29, 0.717) is 41.4 Å². The third-order valence-electron chi connectivity index (χ3n) is 10.3. The molecule has 3 saturated heterocycles. The highest BCUT2D eigenvalue weighted by molar-refractivity contribution is 6.02. The van der Waals surface area contributed by atoms with Crippen molar-refractivity contribution >= 4 is 34.6 Å². The van der Waals surface area contributed by atoms with Crippen LogP contribution in [0.25, 0.3) is 0 Å². The molecule has 1 saturated carbocycles. The van der Waals surface area contributed by atoms with Gasteiger partial charge in [0.2, 0.25) is 5.91 Å². The highest BCUT2D eigenvalue weighted by atomic mass is 19.1. The van der Waals surface area contributed by atoms with Crippen molar-refractivity contribution in [3.8, 4) is 5.75 Å². The molecule has 48 heavy (non-hydrogen) atoms. The van der Waals surface area contributed by atoms with E-state index >= 15 is 0 Å². The van der Waals surface area contributed by atoms with Crippen molar-refractivity contribution in [3.63, 3.8) is 0 Å². The van der Waals surface area contributed by atoms with Gasteiger partial charge in [0.1, 0.15) is 23.7 Å². The number of carbonyl (C=O) groups is 1. The fourth-order valence-electron chi connectivity index (χ4n) is 7.43. The Kier molecular flexibility index (Phi) is 9.73. The molecule has 12 heteroatoms. The van der Waals surface area contributed by atoms with Gasteiger partial charge >= 0.3 is 0 Å². The van der Waals surface area contributed by atoms with Crippen LogP contribution < -0.4 is 25.3 Å². The predicted molar refractivity (Wildman–Crippen MR) is 185 cm³/mol. The number of nitrogens with one attached hydrogen (secondary N) is 2. The van der Waals surface area contributed by atoms with Crippen LogP contribution in [0.3, 0.4) is 0 Å². The van der Waals surface area contributed by atoms with Gasteiger partial charge in [-0.05, 0) is 55.5 Å². The number of aromatic nitrogens is 2. The molecular weight excluding hydrogens is 611 g/mol. The smallest absolute Gasteiger partial charge is 0.247 e. The number of anilines is 5. The number of benzene rings is 2. The minimum atomic E-state index is -0.283. The van der Waals surface area contributed by atoms with Gasteiger partial charge in [-0.25, -0.2) is 19.4 Å². The van der Waals surface area contributed by atoms with E-state index < -0.39 is 0 Å². The molecular formula is C36H45FN8O3. The van der Waals surface area contributed by atoms with Crippen molar-refractivity contribution in [2.75, 3.05) is 73.6 Å². The van der Waals surface area contributed by atoms with Crippen molar-refractivity contribution in [3.05, 3.63) is 72.8 Å². The number of methoxy groups -OCH3 is 1. The van der Waals surface area contributed by atoms with Gasteiger partial charge < -0.3 is 20.3 Å². The molecule has 0 spiro atoms. The molecule has 4 heterocycles. The van der Waals surface area contributed by atoms with E-state index in [1.54, 1.807) is 30.4 Å². The van der Waals surface area contributed by atoms with Crippen molar-refractivity contribution in [2.24, 2.45) is 0 Å². The first-order chi connectivity index (χ1) is 23.5. The Morgan fingerprint density at radius 1 is 0.938 bits per heavy atom. The number of hydroxylamine groups is 1. The van der Waals surface area contributed by atoms with Crippen LogP contribution in [-0.4, -0.2) is 90.7 Å². The summed E-state index contributed by atoms with van der Waals surface area (Å²) in [5, 5.41) is 8.13. The molecule has 1 aliphatic carbocycles. The summed E-state index contributed by atoms with van der Waals surface area (Å²) in [7, 11) is 1.64. The Morgan fingerprint density at radius 3 is 2.29 bits per heavy atom. The SMILES string of the molecule is C=CC(=O)Nc1cc(Nc2cc(N3OCC[C@@H]3c3ccc(F)cc3)ncn2)c(OC)cc1N1CCC(N2CCN(C3CCC3)CC2)CC1. The number of carbonyl (C=O) groups excluding carboxylic acids is 1. The molecule has 2 N–H and O–H groups in total. The standard InChI is InChI=1S/C36H45FN8O3/c1-3-36(46)41-29-21-30(40-34-23-35(39-24-38-34)45-31(13-20-48-45)25-7-9-26(37)10-8-25)33(47-2)22-32(29)44-14-11-28(12-15-44)43-18-16-42(17-19-43)27-5-4-6-27/h3,7-10,21-24,27-28,31H,1,4-6,11-20H2,2H3,(H,41,46)(H,38,39,40)/t31-/m1/s1. The molecule has 1 atom stereocenters. The summed E-state index contributed by atoms with van der Waals surface area (Å²) in [6.07, 6.45) is 9.76. The summed E-state index contributed by atoms with van der Waals surface area (Å²) in [4.78, 5) is 35.2. The van der Waals surface area contributed by atoms with Gasteiger partial charge in [-0.3, -0.25) is 19.4 Å². The van der Waals surface area contributed by atoms with E-state index in [1.807, 2.05) is 12.1 Å². The zero-order valence-electron chi connectivity index (χ0n) is 27.6. The van der Waals surface area contributed by atoms with E-state index in [1.165, 1.54) is 56.9 Å². The summed E-state index contributed by atoms with van der Waals surface area (Å²) in [5.41, 5.74) is 3.17. The van der Waals surface area contributed by atoms with Crippen molar-refractivity contribution < 1.29 is 18.8 Å². The molecule has 4 aliphatic rings. The van der Waals surface area contributed by atoms with Gasteiger partial charge in [0.15, 0.2) is 5.82 Å². The Morgan fingerprint density at radius 2 is 1.65 bits per heavy atom. The Balaban J connectivity index is 1.07. The number of hydrogen-bond acceptors (Lipinski definition) is 10. The average Bonchev–Trinajstić information content (AvgIpc) is 3.59. The van der Waals surface area contributed by atoms with E-state index in [9.17, 15) is 9.18 Å². The second-order valence-corrected chi connectivity index (χ2v) is 13.0. The van der Waals surface area contributed by atoms with E-state index in [2.05, 4.69) is 41.9 Å². The minimum Gasteiger partial charge on any atom is -0.494 e. The van der Waals surface area contributed by atoms with E-state index in [4.69, 9.17) is 9.57 Å². The first-order valence-electron chi connectivity index (χ1n) is 17.1. The van der Waals surface area contributed by atoms with Crippen LogP contribution in [-0.2, 0) is 9.63 Å². The fourth-order valence-corrected chi connectivity index (χ4v) is 7.43. The Hall–Kier alpha value is -4.26. The number of hydrogen-bond donors (Lipinski definition) is 2. The molecule has 1 aromatic heterocycles. The van der Waals surface area contributed by atoms with E-state index in [0.717, 1.165) is 62.7 Å². The number of piperidine rings is 1. The zero-order chi connectivity index (χ0) is 33.0. The molecule has 3 aliphatic heterocycles. The molecule has 4 fully saturated rings. The maximum Gasteiger partial charge on any atom is 0.247 e. The van der Waals surface area contributed by atoms with Crippen molar-refractivity contribution in [1.82, 2.24) is 19.8 Å². The predicted octanol–water partition coefficient (Wildman–Crippen LogP) is 5.51. The van der Waals surface area contributed by atoms with Gasteiger partial charge in [0.05, 0.1) is 36.8 Å². The molecule has 11 nitrogen and oxygen atoms in total. The highest BCUT2D eigenvalue weighted by Gasteiger charge is 2.33. The maximum absolute atomic E-state index is 13.6. The Labute approximate surface area is 281 Å². The van der Waals surface area contributed by atoms with Crippen molar-refractivity contribution in [1.29, 1.82) is 0 Å². The summed E-state index contributed by atoms with van der Waals surface area (Å²) in [5.74, 6) is 1.16. The Bertz CT molecular complexity index is 1590. The average molecular weight is 657 g/mol. The van der Waals surface area contributed by atoms with Crippen LogP contribution in [0.15, 0.2) is 61.4 Å². The molecule has 2 aromatic carbocycles. The molecule has 7 rings (SSSR count). The van der Waals surface area contributed by atoms with Crippen LogP contribution in [0.4, 0.5) is 33.1 Å². The fraction of sp³-hybridized carbons (Fsp3) is 0.472. The molecule has 254 valence electrons. The van der Waals surface area contributed by atoms with Crippen LogP contribution in [0.1, 0.15) is 50.1 Å². The van der Waals surface area contributed by atoms with Gasteiger partial charge in [-0.15, -0.1) is 0 Å². The number of halogens is 1. The second kappa shape index (κ2) is 14.5. The first-order valence-corrected chi connectivity index (χ1v) is 17.1. The summed E-state index contributed by atoms with van der Waals surface area (Å²) in [6.45, 7) is 10.6. The summed E-state index contributed by atoms with van der Waals surface area (Å²) >= 11 is 0. The summed E-state index contributed by atoms with van der Waals surface area (Å²) in [6, 6.07) is 13.4. The molecule has 1 amide bonds. The quantitative estimate of drug-likeness (QED) is 0.272. The molecule has 0 radical (unpaired) electrons. The number of piperazine rings is 1. The van der Waals surface area contributed by atoms with Gasteiger partial charge in [0.25, 0.3) is 0 Å². The van der Waals surface area contributed by atoms with Gasteiger partial charge in [-0.2, -0.15) is 0 Å². The molecule has 3 aromatic rings. The van der Waals surface area contributed by atoms with Crippen LogP contribution in [0, 0.1) is 5.82 Å². The third kappa shape index (κ3) is 6.96. The third-order valence-corrected chi connectivity index (χ3v) is 10.3. The lowest BCUT2D eigenvalue weighted by Crippen LogP contribution is -2.56. The number of ether oxygens (including phenoxy) is 1. The van der Waals surface area contributed by atoms with Crippen molar-refractivity contribution in [2.45, 2.75) is 56.7 Å². The lowest BCUT2D eigenvalue weighted by Gasteiger charge is -2.46. The van der Waals surface area contributed by atoms with Crippen LogP contribution >= 0.6 is 0 Å².